The van der Waals surface area contributed by atoms with Gasteiger partial charge in [-0.25, -0.2) is 4.98 Å². The van der Waals surface area contributed by atoms with Crippen LogP contribution in [0.5, 0.6) is 5.88 Å². The Morgan fingerprint density at radius 3 is 2.33 bits per heavy atom. The molecule has 2 nitrogen and oxygen atoms in total. The maximum Gasteiger partial charge on any atom is 0.417 e. The van der Waals surface area contributed by atoms with Crippen LogP contribution >= 0.6 is 0 Å². The van der Waals surface area contributed by atoms with Crippen molar-refractivity contribution in [2.45, 2.75) is 6.18 Å². The second-order valence-electron chi connectivity index (χ2n) is 3.64. The van der Waals surface area contributed by atoms with Crippen LogP contribution in [0.4, 0.5) is 13.2 Å². The predicted molar refractivity (Wildman–Crippen MR) is 61.2 cm³/mol. The van der Waals surface area contributed by atoms with Crippen LogP contribution in [0.3, 0.4) is 0 Å². The first-order valence-electron chi connectivity index (χ1n) is 5.19. The van der Waals surface area contributed by atoms with Gasteiger partial charge in [-0.2, -0.15) is 13.2 Å². The fraction of sp³-hybridized carbons (Fsp3) is 0.154. The third kappa shape index (κ3) is 2.45. The third-order valence-electron chi connectivity index (χ3n) is 2.48. The minimum atomic E-state index is -4.44. The summed E-state index contributed by atoms with van der Waals surface area (Å²) >= 11 is 0. The van der Waals surface area contributed by atoms with Gasteiger partial charge in [-0.1, -0.05) is 30.3 Å². The molecule has 0 bridgehead atoms. The van der Waals surface area contributed by atoms with Gasteiger partial charge < -0.3 is 4.74 Å². The second kappa shape index (κ2) is 4.68. The van der Waals surface area contributed by atoms with Crippen molar-refractivity contribution in [2.24, 2.45) is 0 Å². The number of halogens is 3. The van der Waals surface area contributed by atoms with Gasteiger partial charge in [0.15, 0.2) is 0 Å². The van der Waals surface area contributed by atoms with E-state index in [0.717, 1.165) is 6.07 Å². The summed E-state index contributed by atoms with van der Waals surface area (Å²) in [6, 6.07) is 9.23. The van der Waals surface area contributed by atoms with Crippen LogP contribution in [-0.4, -0.2) is 12.1 Å². The number of methoxy groups -OCH3 is 1. The van der Waals surface area contributed by atoms with Crippen LogP contribution in [0, 0.1) is 0 Å². The molecule has 1 heterocycles. The maximum atomic E-state index is 13.0. The zero-order valence-electron chi connectivity index (χ0n) is 9.53. The molecule has 94 valence electrons. The fourth-order valence-electron chi connectivity index (χ4n) is 1.63. The molecule has 0 spiro atoms. The second-order valence-corrected chi connectivity index (χ2v) is 3.64. The first-order chi connectivity index (χ1) is 8.52. The molecular weight excluding hydrogens is 243 g/mol. The number of aromatic nitrogens is 1. The molecule has 0 N–H and O–H groups in total. The van der Waals surface area contributed by atoms with Crippen molar-refractivity contribution in [1.29, 1.82) is 0 Å². The predicted octanol–water partition coefficient (Wildman–Crippen LogP) is 3.78. The topological polar surface area (TPSA) is 22.1 Å². The number of rotatable bonds is 2. The summed E-state index contributed by atoms with van der Waals surface area (Å²) in [7, 11) is 1.28. The van der Waals surface area contributed by atoms with Gasteiger partial charge in [0.1, 0.15) is 0 Å². The molecule has 0 saturated heterocycles. The molecule has 0 fully saturated rings. The Bertz CT molecular complexity index is 538. The first kappa shape index (κ1) is 12.4. The van der Waals surface area contributed by atoms with Crippen molar-refractivity contribution in [1.82, 2.24) is 4.98 Å². The highest BCUT2D eigenvalue weighted by molar-refractivity contribution is 5.67. The van der Waals surface area contributed by atoms with E-state index in [9.17, 15) is 13.2 Å². The van der Waals surface area contributed by atoms with Crippen molar-refractivity contribution >= 4 is 0 Å². The van der Waals surface area contributed by atoms with E-state index in [1.165, 1.54) is 13.3 Å². The van der Waals surface area contributed by atoms with E-state index in [2.05, 4.69) is 4.98 Å². The average molecular weight is 253 g/mol. The van der Waals surface area contributed by atoms with Crippen molar-refractivity contribution in [3.63, 3.8) is 0 Å². The van der Waals surface area contributed by atoms with Gasteiger partial charge in [-0.05, 0) is 5.56 Å². The molecule has 2 aromatic rings. The Morgan fingerprint density at radius 2 is 1.78 bits per heavy atom. The number of pyridine rings is 1. The van der Waals surface area contributed by atoms with Crippen LogP contribution in [0.25, 0.3) is 11.1 Å². The van der Waals surface area contributed by atoms with E-state index in [4.69, 9.17) is 4.74 Å². The minimum Gasteiger partial charge on any atom is -0.481 e. The lowest BCUT2D eigenvalue weighted by atomic mass is 10.0. The van der Waals surface area contributed by atoms with Gasteiger partial charge in [-0.15, -0.1) is 0 Å². The normalized spacial score (nSPS) is 11.3. The molecular formula is C13H10F3NO. The Kier molecular flexibility index (Phi) is 3.23. The smallest absolute Gasteiger partial charge is 0.417 e. The number of alkyl halides is 3. The molecule has 18 heavy (non-hydrogen) atoms. The van der Waals surface area contributed by atoms with Crippen LogP contribution in [-0.2, 0) is 6.18 Å². The van der Waals surface area contributed by atoms with E-state index in [-0.39, 0.29) is 11.4 Å². The maximum absolute atomic E-state index is 13.0. The molecule has 0 atom stereocenters. The van der Waals surface area contributed by atoms with Crippen LogP contribution < -0.4 is 4.74 Å². The van der Waals surface area contributed by atoms with E-state index in [1.807, 2.05) is 0 Å². The molecule has 0 radical (unpaired) electrons. The molecule has 0 aliphatic rings. The fourth-order valence-corrected chi connectivity index (χ4v) is 1.63. The Hall–Kier alpha value is -2.04. The lowest BCUT2D eigenvalue weighted by molar-refractivity contribution is -0.137. The molecule has 0 saturated carbocycles. The van der Waals surface area contributed by atoms with Crippen molar-refractivity contribution in [2.75, 3.05) is 7.11 Å². The highest BCUT2D eigenvalue weighted by Gasteiger charge is 2.34. The van der Waals surface area contributed by atoms with Gasteiger partial charge in [0.05, 0.1) is 12.7 Å². The summed E-state index contributed by atoms with van der Waals surface area (Å²) in [6.45, 7) is 0. The molecule has 0 unspecified atom stereocenters. The zero-order chi connectivity index (χ0) is 13.2. The zero-order valence-corrected chi connectivity index (χ0v) is 9.53. The van der Waals surface area contributed by atoms with E-state index >= 15 is 0 Å². The Labute approximate surface area is 102 Å². The molecule has 1 aromatic carbocycles. The van der Waals surface area contributed by atoms with Crippen LogP contribution in [0.15, 0.2) is 42.6 Å². The first-order valence-corrected chi connectivity index (χ1v) is 5.19. The Balaban J connectivity index is 2.61. The van der Waals surface area contributed by atoms with Gasteiger partial charge in [0.25, 0.3) is 0 Å². The van der Waals surface area contributed by atoms with Gasteiger partial charge in [-0.3, -0.25) is 0 Å². The summed E-state index contributed by atoms with van der Waals surface area (Å²) in [6.07, 6.45) is -3.27. The lowest BCUT2D eigenvalue weighted by Crippen LogP contribution is -2.08. The van der Waals surface area contributed by atoms with E-state index < -0.39 is 11.7 Å². The van der Waals surface area contributed by atoms with E-state index in [0.29, 0.717) is 5.56 Å². The number of hydrogen-bond acceptors (Lipinski definition) is 2. The molecule has 2 rings (SSSR count). The van der Waals surface area contributed by atoms with Crippen LogP contribution in [0.2, 0.25) is 0 Å². The monoisotopic (exact) mass is 253 g/mol. The van der Waals surface area contributed by atoms with Crippen molar-refractivity contribution in [3.05, 3.63) is 48.2 Å². The lowest BCUT2D eigenvalue weighted by Gasteiger charge is -2.13. The van der Waals surface area contributed by atoms with Gasteiger partial charge in [0.2, 0.25) is 5.88 Å². The molecule has 0 amide bonds. The van der Waals surface area contributed by atoms with Crippen LogP contribution in [0.1, 0.15) is 5.56 Å². The van der Waals surface area contributed by atoms with Crippen molar-refractivity contribution < 1.29 is 17.9 Å². The standard InChI is InChI=1S/C13H10F3NO/c1-18-12-7-11(13(14,15)16)10(8-17-12)9-5-3-2-4-6-9/h2-8H,1H3. The summed E-state index contributed by atoms with van der Waals surface area (Å²) in [5.74, 6) is -0.0537. The summed E-state index contributed by atoms with van der Waals surface area (Å²) in [4.78, 5) is 3.83. The SMILES string of the molecule is COc1cc(C(F)(F)F)c(-c2ccccc2)cn1. The molecule has 1 aromatic heterocycles. The molecule has 0 aliphatic heterocycles. The minimum absolute atomic E-state index is 0.0453. The van der Waals surface area contributed by atoms with Crippen molar-refractivity contribution in [3.8, 4) is 17.0 Å². The highest BCUT2D eigenvalue weighted by Crippen LogP contribution is 2.37. The highest BCUT2D eigenvalue weighted by atomic mass is 19.4. The van der Waals surface area contributed by atoms with Gasteiger partial charge in [0, 0.05) is 17.8 Å². The molecule has 5 heteroatoms. The third-order valence-corrected chi connectivity index (χ3v) is 2.48. The summed E-state index contributed by atoms with van der Waals surface area (Å²) in [5.41, 5.74) is -0.232. The largest absolute Gasteiger partial charge is 0.481 e. The number of nitrogens with zero attached hydrogens (tertiary/aromatic N) is 1. The number of benzene rings is 1. The van der Waals surface area contributed by atoms with Gasteiger partial charge >= 0.3 is 6.18 Å². The average Bonchev–Trinajstić information content (AvgIpc) is 2.38. The van der Waals surface area contributed by atoms with E-state index in [1.54, 1.807) is 30.3 Å². The Morgan fingerprint density at radius 1 is 1.11 bits per heavy atom. The summed E-state index contributed by atoms with van der Waals surface area (Å²) < 4.78 is 43.6. The molecule has 0 aliphatic carbocycles. The quantitative estimate of drug-likeness (QED) is 0.812. The summed E-state index contributed by atoms with van der Waals surface area (Å²) in [5, 5.41) is 0. The number of ether oxygens (including phenoxy) is 1. The number of hydrogen-bond donors (Lipinski definition) is 0.